The molecule has 1 aliphatic rings. The fourth-order valence-electron chi connectivity index (χ4n) is 2.66. The minimum Gasteiger partial charge on any atom is -0.379 e. The minimum atomic E-state index is -3.78. The molecule has 0 spiro atoms. The van der Waals surface area contributed by atoms with Gasteiger partial charge in [-0.15, -0.1) is 0 Å². The Morgan fingerprint density at radius 1 is 1.07 bits per heavy atom. The van der Waals surface area contributed by atoms with Crippen molar-refractivity contribution >= 4 is 50.9 Å². The quantitative estimate of drug-likeness (QED) is 0.719. The first-order valence-corrected chi connectivity index (χ1v) is 10.7. The molecule has 1 amide bonds. The molecule has 0 bridgehead atoms. The number of anilines is 1. The first-order chi connectivity index (χ1) is 13.4. The van der Waals surface area contributed by atoms with Gasteiger partial charge >= 0.3 is 0 Å². The number of sulfonamides is 1. The maximum absolute atomic E-state index is 12.8. The molecule has 1 saturated heterocycles. The van der Waals surface area contributed by atoms with E-state index in [0.29, 0.717) is 29.5 Å². The molecule has 0 aromatic heterocycles. The molecule has 0 radical (unpaired) electrons. The number of carbonyl (C=O) groups is 1. The van der Waals surface area contributed by atoms with Crippen molar-refractivity contribution in [3.63, 3.8) is 0 Å². The summed E-state index contributed by atoms with van der Waals surface area (Å²) in [5.41, 5.74) is 1.02. The van der Waals surface area contributed by atoms with E-state index < -0.39 is 15.9 Å². The van der Waals surface area contributed by atoms with E-state index in [-0.39, 0.29) is 23.0 Å². The van der Waals surface area contributed by atoms with Crippen LogP contribution in [0.4, 0.5) is 5.69 Å². The van der Waals surface area contributed by atoms with Gasteiger partial charge in [-0.05, 0) is 35.9 Å². The van der Waals surface area contributed by atoms with Gasteiger partial charge in [-0.3, -0.25) is 4.79 Å². The third kappa shape index (κ3) is 4.92. The number of ether oxygens (including phenoxy) is 1. The minimum absolute atomic E-state index is 0.0519. The van der Waals surface area contributed by atoms with E-state index in [0.717, 1.165) is 0 Å². The predicted octanol–water partition coefficient (Wildman–Crippen LogP) is 3.67. The third-order valence-corrected chi connectivity index (χ3v) is 6.83. The molecule has 2 aromatic rings. The van der Waals surface area contributed by atoms with E-state index in [4.69, 9.17) is 27.9 Å². The first kappa shape index (κ1) is 20.8. The van der Waals surface area contributed by atoms with Crippen LogP contribution in [0, 0.1) is 0 Å². The summed E-state index contributed by atoms with van der Waals surface area (Å²) >= 11 is 12.2. The Morgan fingerprint density at radius 2 is 1.79 bits per heavy atom. The molecule has 1 fully saturated rings. The van der Waals surface area contributed by atoms with E-state index >= 15 is 0 Å². The number of hydrogen-bond donors (Lipinski definition) is 1. The Bertz CT molecular complexity index is 1000. The van der Waals surface area contributed by atoms with Crippen LogP contribution in [0.1, 0.15) is 5.56 Å². The Hall–Kier alpha value is -1.90. The number of amides is 1. The Kier molecular flexibility index (Phi) is 6.74. The summed E-state index contributed by atoms with van der Waals surface area (Å²) in [5, 5.41) is 3.26. The molecule has 0 atom stereocenters. The molecule has 3 rings (SSSR count). The summed E-state index contributed by atoms with van der Waals surface area (Å²) in [4.78, 5) is 12.1. The van der Waals surface area contributed by atoms with Crippen molar-refractivity contribution in [2.45, 2.75) is 4.90 Å². The van der Waals surface area contributed by atoms with Crippen LogP contribution in [0.5, 0.6) is 0 Å². The van der Waals surface area contributed by atoms with Crippen molar-refractivity contribution in [3.8, 4) is 0 Å². The van der Waals surface area contributed by atoms with Gasteiger partial charge in [0.1, 0.15) is 4.90 Å². The second-order valence-electron chi connectivity index (χ2n) is 6.01. The fraction of sp³-hybridized carbons (Fsp3) is 0.211. The molecule has 2 aromatic carbocycles. The molecule has 6 nitrogen and oxygen atoms in total. The van der Waals surface area contributed by atoms with Crippen LogP contribution in [0.2, 0.25) is 10.0 Å². The molecule has 1 heterocycles. The van der Waals surface area contributed by atoms with Crippen molar-refractivity contribution in [2.24, 2.45) is 0 Å². The SMILES string of the molecule is O=C(/C=C/c1ccccc1Cl)Nc1ccc(Cl)c(S(=O)(=O)N2CCOCC2)c1. The number of nitrogens with one attached hydrogen (secondary N) is 1. The second-order valence-corrected chi connectivity index (χ2v) is 8.73. The number of rotatable bonds is 5. The standard InChI is InChI=1S/C19H18Cl2N2O4S/c20-16-4-2-1-3-14(16)5-8-19(24)22-15-6-7-17(21)18(13-15)28(25,26)23-9-11-27-12-10-23/h1-8,13H,9-12H2,(H,22,24)/b8-5+. The van der Waals surface area contributed by atoms with Gasteiger partial charge in [0.05, 0.1) is 18.2 Å². The van der Waals surface area contributed by atoms with E-state index in [1.807, 2.05) is 6.07 Å². The summed E-state index contributed by atoms with van der Waals surface area (Å²) in [7, 11) is -3.78. The molecule has 9 heteroatoms. The summed E-state index contributed by atoms with van der Waals surface area (Å²) < 4.78 is 32.2. The normalized spacial score (nSPS) is 15.6. The van der Waals surface area contributed by atoms with Crippen LogP contribution in [-0.4, -0.2) is 44.9 Å². The zero-order valence-corrected chi connectivity index (χ0v) is 17.1. The van der Waals surface area contributed by atoms with E-state index in [1.165, 1.54) is 22.5 Å². The number of nitrogens with zero attached hydrogens (tertiary/aromatic N) is 1. The molecular weight excluding hydrogens is 423 g/mol. The Labute approximate surface area is 173 Å². The second kappa shape index (κ2) is 9.07. The van der Waals surface area contributed by atoms with E-state index in [1.54, 1.807) is 30.3 Å². The largest absolute Gasteiger partial charge is 0.379 e. The smallest absolute Gasteiger partial charge is 0.248 e. The van der Waals surface area contributed by atoms with Gasteiger partial charge in [-0.1, -0.05) is 41.4 Å². The Balaban J connectivity index is 1.77. The molecule has 0 unspecified atom stereocenters. The molecule has 1 aliphatic heterocycles. The number of morpholine rings is 1. The Morgan fingerprint density at radius 3 is 2.50 bits per heavy atom. The highest BCUT2D eigenvalue weighted by Crippen LogP contribution is 2.28. The van der Waals surface area contributed by atoms with Crippen molar-refractivity contribution < 1.29 is 17.9 Å². The third-order valence-electron chi connectivity index (χ3n) is 4.11. The van der Waals surface area contributed by atoms with Gasteiger partial charge in [0.15, 0.2) is 0 Å². The van der Waals surface area contributed by atoms with Gasteiger partial charge in [-0.2, -0.15) is 4.31 Å². The van der Waals surface area contributed by atoms with Crippen LogP contribution in [0.3, 0.4) is 0 Å². The summed E-state index contributed by atoms with van der Waals surface area (Å²) in [6.45, 7) is 1.19. The van der Waals surface area contributed by atoms with Crippen LogP contribution in [0.25, 0.3) is 6.08 Å². The average Bonchev–Trinajstić information content (AvgIpc) is 2.69. The van der Waals surface area contributed by atoms with Crippen LogP contribution >= 0.6 is 23.2 Å². The van der Waals surface area contributed by atoms with Crippen molar-refractivity contribution in [2.75, 3.05) is 31.6 Å². The first-order valence-electron chi connectivity index (χ1n) is 8.49. The highest BCUT2D eigenvalue weighted by atomic mass is 35.5. The van der Waals surface area contributed by atoms with Gasteiger partial charge < -0.3 is 10.1 Å². The van der Waals surface area contributed by atoms with Crippen molar-refractivity contribution in [3.05, 3.63) is 64.1 Å². The van der Waals surface area contributed by atoms with Crippen molar-refractivity contribution in [1.82, 2.24) is 4.31 Å². The van der Waals surface area contributed by atoms with Gasteiger partial charge in [0.2, 0.25) is 15.9 Å². The highest BCUT2D eigenvalue weighted by Gasteiger charge is 2.28. The molecule has 28 heavy (non-hydrogen) atoms. The van der Waals surface area contributed by atoms with Crippen LogP contribution in [0.15, 0.2) is 53.4 Å². The number of carbonyl (C=O) groups excluding carboxylic acids is 1. The topological polar surface area (TPSA) is 75.7 Å². The molecule has 1 N–H and O–H groups in total. The van der Waals surface area contributed by atoms with E-state index in [2.05, 4.69) is 5.32 Å². The maximum Gasteiger partial charge on any atom is 0.248 e. The van der Waals surface area contributed by atoms with Gasteiger partial charge in [0.25, 0.3) is 0 Å². The number of halogens is 2. The molecule has 148 valence electrons. The fourth-order valence-corrected chi connectivity index (χ4v) is 4.77. The summed E-state index contributed by atoms with van der Waals surface area (Å²) in [6.07, 6.45) is 2.91. The van der Waals surface area contributed by atoms with Crippen molar-refractivity contribution in [1.29, 1.82) is 0 Å². The zero-order chi connectivity index (χ0) is 20.1. The summed E-state index contributed by atoms with van der Waals surface area (Å²) in [5.74, 6) is -0.419. The zero-order valence-electron chi connectivity index (χ0n) is 14.8. The maximum atomic E-state index is 12.8. The lowest BCUT2D eigenvalue weighted by molar-refractivity contribution is -0.111. The number of benzene rings is 2. The molecule has 0 saturated carbocycles. The predicted molar refractivity (Wildman–Crippen MR) is 110 cm³/mol. The highest BCUT2D eigenvalue weighted by molar-refractivity contribution is 7.89. The van der Waals surface area contributed by atoms with Gasteiger partial charge in [-0.25, -0.2) is 8.42 Å². The lowest BCUT2D eigenvalue weighted by atomic mass is 10.2. The molecular formula is C19H18Cl2N2O4S. The van der Waals surface area contributed by atoms with Gasteiger partial charge in [0, 0.05) is 29.9 Å². The monoisotopic (exact) mass is 440 g/mol. The lowest BCUT2D eigenvalue weighted by Gasteiger charge is -2.26. The average molecular weight is 441 g/mol. The molecule has 0 aliphatic carbocycles. The lowest BCUT2D eigenvalue weighted by Crippen LogP contribution is -2.40. The van der Waals surface area contributed by atoms with Crippen LogP contribution in [-0.2, 0) is 19.6 Å². The van der Waals surface area contributed by atoms with E-state index in [9.17, 15) is 13.2 Å². The summed E-state index contributed by atoms with van der Waals surface area (Å²) in [6, 6.07) is 11.5. The number of hydrogen-bond acceptors (Lipinski definition) is 4. The van der Waals surface area contributed by atoms with Crippen LogP contribution < -0.4 is 5.32 Å².